The average molecular weight is 457 g/mol. The summed E-state index contributed by atoms with van der Waals surface area (Å²) in [6, 6.07) is 19.3. The van der Waals surface area contributed by atoms with E-state index in [1.54, 1.807) is 16.4 Å². The van der Waals surface area contributed by atoms with E-state index in [1.807, 2.05) is 48.8 Å². The van der Waals surface area contributed by atoms with E-state index in [4.69, 9.17) is 11.6 Å². The minimum Gasteiger partial charge on any atom is -0.346 e. The highest BCUT2D eigenvalue weighted by Crippen LogP contribution is 2.45. The molecule has 2 aromatic heterocycles. The lowest BCUT2D eigenvalue weighted by Gasteiger charge is -2.25. The van der Waals surface area contributed by atoms with Crippen LogP contribution >= 0.6 is 22.9 Å². The molecule has 30 heavy (non-hydrogen) atoms. The number of thiophene rings is 1. The molecular formula is C23H21ClN2O2S2. The minimum atomic E-state index is -3.54. The average Bonchev–Trinajstić information content (AvgIpc) is 3.48. The molecule has 2 aromatic carbocycles. The summed E-state index contributed by atoms with van der Waals surface area (Å²) in [4.78, 5) is 0. The van der Waals surface area contributed by atoms with Gasteiger partial charge >= 0.3 is 0 Å². The number of aromatic nitrogens is 1. The number of sulfonamides is 1. The molecule has 0 spiro atoms. The first-order valence-corrected chi connectivity index (χ1v) is 12.6. The number of halogens is 1. The molecule has 154 valence electrons. The fraction of sp³-hybridized carbons (Fsp3) is 0.217. The number of rotatable bonds is 4. The predicted octanol–water partition coefficient (Wildman–Crippen LogP) is 6.09. The minimum absolute atomic E-state index is 0.219. The molecule has 1 saturated heterocycles. The highest BCUT2D eigenvalue weighted by molar-refractivity contribution is 7.91. The van der Waals surface area contributed by atoms with Crippen molar-refractivity contribution in [1.29, 1.82) is 0 Å². The Kier molecular flexibility index (Phi) is 4.98. The van der Waals surface area contributed by atoms with Crippen LogP contribution in [0.2, 0.25) is 5.02 Å². The van der Waals surface area contributed by atoms with Crippen molar-refractivity contribution in [3.8, 4) is 11.1 Å². The molecule has 4 aromatic rings. The van der Waals surface area contributed by atoms with Gasteiger partial charge in [-0.1, -0.05) is 48.0 Å². The van der Waals surface area contributed by atoms with Gasteiger partial charge in [0.2, 0.25) is 0 Å². The monoisotopic (exact) mass is 456 g/mol. The Hall–Kier alpha value is -2.12. The Morgan fingerprint density at radius 2 is 1.87 bits per heavy atom. The van der Waals surface area contributed by atoms with Crippen molar-refractivity contribution in [2.75, 3.05) is 6.54 Å². The van der Waals surface area contributed by atoms with E-state index in [9.17, 15) is 8.42 Å². The lowest BCUT2D eigenvalue weighted by atomic mass is 9.98. The van der Waals surface area contributed by atoms with Gasteiger partial charge in [0.05, 0.1) is 6.04 Å². The van der Waals surface area contributed by atoms with Gasteiger partial charge < -0.3 is 4.57 Å². The largest absolute Gasteiger partial charge is 0.346 e. The molecule has 1 aliphatic heterocycles. The third-order valence-corrected chi connectivity index (χ3v) is 9.36. The van der Waals surface area contributed by atoms with Gasteiger partial charge in [-0.3, -0.25) is 0 Å². The summed E-state index contributed by atoms with van der Waals surface area (Å²) in [5, 5.41) is 3.53. The first kappa shape index (κ1) is 19.8. The van der Waals surface area contributed by atoms with Crippen molar-refractivity contribution in [2.45, 2.75) is 23.1 Å². The number of hydrogen-bond acceptors (Lipinski definition) is 3. The molecule has 3 heterocycles. The first-order valence-electron chi connectivity index (χ1n) is 9.87. The van der Waals surface area contributed by atoms with E-state index >= 15 is 0 Å². The highest BCUT2D eigenvalue weighted by Gasteiger charge is 2.39. The molecule has 0 bridgehead atoms. The highest BCUT2D eigenvalue weighted by atomic mass is 35.5. The Balaban J connectivity index is 1.75. The van der Waals surface area contributed by atoms with Crippen molar-refractivity contribution in [1.82, 2.24) is 8.87 Å². The van der Waals surface area contributed by atoms with Gasteiger partial charge in [0.15, 0.2) is 0 Å². The molecule has 4 nitrogen and oxygen atoms in total. The van der Waals surface area contributed by atoms with E-state index < -0.39 is 10.0 Å². The van der Waals surface area contributed by atoms with E-state index in [0.29, 0.717) is 15.8 Å². The molecule has 1 aliphatic rings. The Labute approximate surface area is 185 Å². The summed E-state index contributed by atoms with van der Waals surface area (Å²) < 4.78 is 31.0. The Morgan fingerprint density at radius 1 is 1.07 bits per heavy atom. The van der Waals surface area contributed by atoms with Crippen LogP contribution in [0.3, 0.4) is 0 Å². The molecular weight excluding hydrogens is 436 g/mol. The molecule has 7 heteroatoms. The molecule has 0 radical (unpaired) electrons. The van der Waals surface area contributed by atoms with Gasteiger partial charge in [-0.15, -0.1) is 11.3 Å². The summed E-state index contributed by atoms with van der Waals surface area (Å²) in [5.41, 5.74) is 4.21. The quantitative estimate of drug-likeness (QED) is 0.373. The molecule has 1 unspecified atom stereocenters. The fourth-order valence-electron chi connectivity index (χ4n) is 4.56. The number of benzene rings is 2. The van der Waals surface area contributed by atoms with Gasteiger partial charge in [-0.05, 0) is 48.1 Å². The Morgan fingerprint density at radius 3 is 2.60 bits per heavy atom. The molecule has 0 amide bonds. The van der Waals surface area contributed by atoms with Crippen LogP contribution in [0.15, 0.2) is 70.3 Å². The number of aryl methyl sites for hydroxylation is 1. The zero-order chi connectivity index (χ0) is 20.9. The van der Waals surface area contributed by atoms with E-state index in [0.717, 1.165) is 40.6 Å². The zero-order valence-corrected chi connectivity index (χ0v) is 18.8. The molecule has 5 rings (SSSR count). The van der Waals surface area contributed by atoms with Crippen LogP contribution in [-0.4, -0.2) is 23.8 Å². The van der Waals surface area contributed by atoms with Gasteiger partial charge in [0.1, 0.15) is 4.21 Å². The second kappa shape index (κ2) is 7.54. The maximum Gasteiger partial charge on any atom is 0.253 e. The first-order chi connectivity index (χ1) is 14.5. The van der Waals surface area contributed by atoms with Crippen molar-refractivity contribution >= 4 is 43.9 Å². The number of nitrogens with zero attached hydrogens (tertiary/aromatic N) is 2. The van der Waals surface area contributed by atoms with Crippen molar-refractivity contribution in [3.05, 3.63) is 76.8 Å². The van der Waals surface area contributed by atoms with Crippen molar-refractivity contribution < 1.29 is 8.42 Å². The SMILES string of the molecule is Cn1c(C2CCCN2S(=O)(=O)c2cccs2)c(-c2ccccc2)c2cc(Cl)ccc21. The standard InChI is InChI=1S/C23H21ClN2O2S2/c1-25-19-12-11-17(24)15-18(19)22(16-7-3-2-4-8-16)23(25)20-9-5-13-26(20)30(27,28)21-10-6-14-29-21/h2-4,6-8,10-12,14-15,20H,5,9,13H2,1H3. The lowest BCUT2D eigenvalue weighted by Crippen LogP contribution is -2.31. The van der Waals surface area contributed by atoms with Crippen LogP contribution in [0.5, 0.6) is 0 Å². The van der Waals surface area contributed by atoms with Gasteiger partial charge in [-0.2, -0.15) is 4.31 Å². The molecule has 1 atom stereocenters. The van der Waals surface area contributed by atoms with E-state index in [1.165, 1.54) is 11.3 Å². The summed E-state index contributed by atoms with van der Waals surface area (Å²) in [6.45, 7) is 0.529. The lowest BCUT2D eigenvalue weighted by molar-refractivity contribution is 0.387. The maximum absolute atomic E-state index is 13.4. The summed E-state index contributed by atoms with van der Waals surface area (Å²) in [7, 11) is -1.52. The normalized spacial score (nSPS) is 17.7. The van der Waals surface area contributed by atoms with Crippen LogP contribution in [-0.2, 0) is 17.1 Å². The van der Waals surface area contributed by atoms with E-state index in [2.05, 4.69) is 16.7 Å². The second-order valence-corrected chi connectivity index (χ2v) is 11.1. The summed E-state index contributed by atoms with van der Waals surface area (Å²) in [5.74, 6) is 0. The van der Waals surface area contributed by atoms with Crippen LogP contribution in [0.4, 0.5) is 0 Å². The van der Waals surface area contributed by atoms with Crippen molar-refractivity contribution in [2.24, 2.45) is 7.05 Å². The van der Waals surface area contributed by atoms with Crippen molar-refractivity contribution in [3.63, 3.8) is 0 Å². The van der Waals surface area contributed by atoms with Gasteiger partial charge in [0, 0.05) is 40.8 Å². The third-order valence-electron chi connectivity index (χ3n) is 5.85. The van der Waals surface area contributed by atoms with Gasteiger partial charge in [0.25, 0.3) is 10.0 Å². The molecule has 0 saturated carbocycles. The number of hydrogen-bond donors (Lipinski definition) is 0. The summed E-state index contributed by atoms with van der Waals surface area (Å²) >= 11 is 7.63. The zero-order valence-electron chi connectivity index (χ0n) is 16.5. The number of fused-ring (bicyclic) bond motifs is 1. The topological polar surface area (TPSA) is 42.3 Å². The van der Waals surface area contributed by atoms with E-state index in [-0.39, 0.29) is 6.04 Å². The predicted molar refractivity (Wildman–Crippen MR) is 124 cm³/mol. The third kappa shape index (κ3) is 3.10. The van der Waals surface area contributed by atoms with Crippen LogP contribution in [0, 0.1) is 0 Å². The van der Waals surface area contributed by atoms with Crippen LogP contribution in [0.1, 0.15) is 24.6 Å². The van der Waals surface area contributed by atoms with Gasteiger partial charge in [-0.25, -0.2) is 8.42 Å². The van der Waals surface area contributed by atoms with Crippen LogP contribution in [0.25, 0.3) is 22.0 Å². The maximum atomic E-state index is 13.4. The van der Waals surface area contributed by atoms with Crippen LogP contribution < -0.4 is 0 Å². The fourth-order valence-corrected chi connectivity index (χ4v) is 7.51. The molecule has 0 N–H and O–H groups in total. The second-order valence-electron chi connectivity index (χ2n) is 7.55. The molecule has 0 aliphatic carbocycles. The smallest absolute Gasteiger partial charge is 0.253 e. The molecule has 1 fully saturated rings. The summed E-state index contributed by atoms with van der Waals surface area (Å²) in [6.07, 6.45) is 1.63. The Bertz CT molecular complexity index is 1310.